The van der Waals surface area contributed by atoms with Crippen LogP contribution in [0.2, 0.25) is 0 Å². The van der Waals surface area contributed by atoms with Crippen LogP contribution in [-0.2, 0) is 38.3 Å². The summed E-state index contributed by atoms with van der Waals surface area (Å²) in [6.07, 6.45) is 56.1. The monoisotopic (exact) mass is 1070 g/mol. The van der Waals surface area contributed by atoms with Crippen molar-refractivity contribution < 1.29 is 56.2 Å². The van der Waals surface area contributed by atoms with Crippen molar-refractivity contribution in [3.8, 4) is 0 Å². The Hall–Kier alpha value is -1.68. The molecule has 0 aromatic heterocycles. The molecule has 1 aliphatic heterocycles. The molecule has 13 heteroatoms. The molecule has 0 amide bonds. The number of hydrogen-bond donors (Lipinski definition) is 4. The van der Waals surface area contributed by atoms with Crippen LogP contribution in [0.25, 0.3) is 0 Å². The maximum Gasteiger partial charge on any atom is 0.397 e. The Kier molecular flexibility index (Phi) is 49.5. The van der Waals surface area contributed by atoms with Gasteiger partial charge in [0.05, 0.1) is 19.8 Å². The van der Waals surface area contributed by atoms with Crippen LogP contribution in [-0.4, -0.2) is 97.5 Å². The molecule has 4 N–H and O–H groups in total. The van der Waals surface area contributed by atoms with Gasteiger partial charge in [0.15, 0.2) is 6.29 Å². The van der Waals surface area contributed by atoms with Gasteiger partial charge in [-0.25, -0.2) is 4.18 Å². The third-order valence-electron chi connectivity index (χ3n) is 14.3. The van der Waals surface area contributed by atoms with Crippen LogP contribution in [0.15, 0.2) is 36.5 Å². The molecular formula is C61H114O12S. The molecule has 0 spiro atoms. The number of hydrogen-bond acceptors (Lipinski definition) is 11. The number of allylic oxidation sites excluding steroid dienone is 6. The van der Waals surface area contributed by atoms with Gasteiger partial charge in [-0.2, -0.15) is 8.42 Å². The number of aliphatic hydroxyl groups is 3. The Labute approximate surface area is 454 Å². The highest BCUT2D eigenvalue weighted by Crippen LogP contribution is 2.26. The normalized spacial score (nSPS) is 18.9. The van der Waals surface area contributed by atoms with E-state index in [9.17, 15) is 33.1 Å². The second-order valence-electron chi connectivity index (χ2n) is 21.3. The number of esters is 1. The predicted octanol–water partition coefficient (Wildman–Crippen LogP) is 15.7. The summed E-state index contributed by atoms with van der Waals surface area (Å²) in [5.74, 6) is -0.395. The molecule has 1 rings (SSSR count). The Morgan fingerprint density at radius 2 is 0.892 bits per heavy atom. The van der Waals surface area contributed by atoms with Gasteiger partial charge in [-0.3, -0.25) is 9.35 Å². The van der Waals surface area contributed by atoms with Crippen molar-refractivity contribution >= 4 is 16.4 Å². The van der Waals surface area contributed by atoms with Crippen molar-refractivity contribution in [1.29, 1.82) is 0 Å². The quantitative estimate of drug-likeness (QED) is 0.0196. The van der Waals surface area contributed by atoms with Crippen molar-refractivity contribution in [2.24, 2.45) is 0 Å². The highest BCUT2D eigenvalue weighted by Gasteiger charge is 2.48. The maximum atomic E-state index is 13.0. The zero-order valence-corrected chi connectivity index (χ0v) is 48.2. The molecule has 12 nitrogen and oxygen atoms in total. The molecule has 0 saturated carbocycles. The van der Waals surface area contributed by atoms with Crippen molar-refractivity contribution in [3.05, 3.63) is 36.5 Å². The SMILES string of the molecule is CCCCCCC/C=C\C/C=C\C/C=C\CCCCCCCCCCCOCC(COC1OC(CO)C(O)C(OS(=O)(=O)O)C1O)OC(=O)CCCCCCCCCCCCCCCCCCCCCCCCC. The van der Waals surface area contributed by atoms with E-state index in [-0.39, 0.29) is 19.6 Å². The minimum absolute atomic E-state index is 0.0355. The molecule has 1 saturated heterocycles. The molecule has 0 aliphatic carbocycles. The van der Waals surface area contributed by atoms with Gasteiger partial charge in [-0.15, -0.1) is 0 Å². The van der Waals surface area contributed by atoms with E-state index >= 15 is 0 Å². The van der Waals surface area contributed by atoms with Crippen molar-refractivity contribution in [3.63, 3.8) is 0 Å². The third kappa shape index (κ3) is 44.3. The van der Waals surface area contributed by atoms with E-state index in [1.165, 1.54) is 199 Å². The second kappa shape index (κ2) is 52.0. The molecule has 74 heavy (non-hydrogen) atoms. The van der Waals surface area contributed by atoms with Gasteiger partial charge < -0.3 is 34.3 Å². The molecule has 0 aromatic rings. The fraction of sp³-hybridized carbons (Fsp3) is 0.885. The van der Waals surface area contributed by atoms with E-state index in [4.69, 9.17) is 18.9 Å². The lowest BCUT2D eigenvalue weighted by molar-refractivity contribution is -0.301. The first-order chi connectivity index (χ1) is 36.1. The first kappa shape index (κ1) is 70.3. The highest BCUT2D eigenvalue weighted by molar-refractivity contribution is 7.80. The summed E-state index contributed by atoms with van der Waals surface area (Å²) in [5.41, 5.74) is 0. The van der Waals surface area contributed by atoms with E-state index in [0.29, 0.717) is 13.0 Å². The predicted molar refractivity (Wildman–Crippen MR) is 304 cm³/mol. The molecule has 0 radical (unpaired) electrons. The molecule has 6 atom stereocenters. The molecule has 1 heterocycles. The van der Waals surface area contributed by atoms with Crippen LogP contribution in [0.5, 0.6) is 0 Å². The lowest BCUT2D eigenvalue weighted by Crippen LogP contribution is -2.60. The average molecular weight is 1070 g/mol. The molecule has 436 valence electrons. The van der Waals surface area contributed by atoms with E-state index in [2.05, 4.69) is 54.5 Å². The van der Waals surface area contributed by atoms with Gasteiger partial charge in [0.1, 0.15) is 30.5 Å². The van der Waals surface area contributed by atoms with Crippen LogP contribution < -0.4 is 0 Å². The van der Waals surface area contributed by atoms with Gasteiger partial charge in [-0.1, -0.05) is 262 Å². The number of ether oxygens (including phenoxy) is 4. The van der Waals surface area contributed by atoms with Crippen LogP contribution in [0.3, 0.4) is 0 Å². The summed E-state index contributed by atoms with van der Waals surface area (Å²) in [6.45, 7) is 4.03. The van der Waals surface area contributed by atoms with Gasteiger partial charge in [0.2, 0.25) is 0 Å². The number of carbonyl (C=O) groups is 1. The van der Waals surface area contributed by atoms with Crippen LogP contribution in [0, 0.1) is 0 Å². The Balaban J connectivity index is 2.27. The summed E-state index contributed by atoms with van der Waals surface area (Å²) in [6, 6.07) is 0. The van der Waals surface area contributed by atoms with Crippen molar-refractivity contribution in [2.75, 3.05) is 26.4 Å². The van der Waals surface area contributed by atoms with Crippen LogP contribution in [0.4, 0.5) is 0 Å². The Morgan fingerprint density at radius 3 is 1.30 bits per heavy atom. The van der Waals surface area contributed by atoms with Crippen LogP contribution >= 0.6 is 0 Å². The standard InChI is InChI=1S/C61H114O12S/c1-3-5-7-9-11-13-15-17-19-21-23-25-27-29-31-33-35-37-39-41-43-45-47-49-51-69-53-55(54-70-61-59(65)60(73-74(66,67)68)58(64)56(52-62)72-61)71-57(63)50-48-46-44-42-40-38-36-34-32-30-28-26-24-22-20-18-16-14-12-10-8-6-4-2/h15,17,21,23,27,29,55-56,58-62,64-65H,3-14,16,18-20,22,24-26,28,30-54H2,1-2H3,(H,66,67,68)/b17-15-,23-21-,29-27-. The van der Waals surface area contributed by atoms with Crippen molar-refractivity contribution in [2.45, 2.75) is 320 Å². The second-order valence-corrected chi connectivity index (χ2v) is 22.4. The number of aliphatic hydroxyl groups excluding tert-OH is 3. The smallest absolute Gasteiger partial charge is 0.397 e. The zero-order chi connectivity index (χ0) is 53.8. The fourth-order valence-electron chi connectivity index (χ4n) is 9.62. The first-order valence-electron chi connectivity index (χ1n) is 30.7. The summed E-state index contributed by atoms with van der Waals surface area (Å²) in [5, 5.41) is 30.9. The summed E-state index contributed by atoms with van der Waals surface area (Å²) in [7, 11) is -5.07. The highest BCUT2D eigenvalue weighted by atomic mass is 32.3. The number of unbranched alkanes of at least 4 members (excludes halogenated alkanes) is 36. The lowest BCUT2D eigenvalue weighted by atomic mass is 9.99. The Bertz CT molecular complexity index is 1420. The largest absolute Gasteiger partial charge is 0.457 e. The number of carbonyl (C=O) groups excluding carboxylic acids is 1. The van der Waals surface area contributed by atoms with E-state index in [1.54, 1.807) is 0 Å². The molecule has 6 unspecified atom stereocenters. The van der Waals surface area contributed by atoms with Gasteiger partial charge in [0.25, 0.3) is 0 Å². The topological polar surface area (TPSA) is 178 Å². The molecule has 1 aliphatic rings. The first-order valence-corrected chi connectivity index (χ1v) is 32.1. The molecular weight excluding hydrogens is 957 g/mol. The summed E-state index contributed by atoms with van der Waals surface area (Å²) in [4.78, 5) is 13.0. The van der Waals surface area contributed by atoms with Crippen molar-refractivity contribution in [1.82, 2.24) is 0 Å². The van der Waals surface area contributed by atoms with E-state index in [0.717, 1.165) is 57.8 Å². The average Bonchev–Trinajstić information content (AvgIpc) is 3.38. The van der Waals surface area contributed by atoms with Gasteiger partial charge in [0, 0.05) is 13.0 Å². The zero-order valence-electron chi connectivity index (χ0n) is 47.4. The van der Waals surface area contributed by atoms with E-state index < -0.39 is 59.8 Å². The third-order valence-corrected chi connectivity index (χ3v) is 14.7. The van der Waals surface area contributed by atoms with Crippen LogP contribution in [0.1, 0.15) is 284 Å². The fourth-order valence-corrected chi connectivity index (χ4v) is 10.1. The molecule has 0 bridgehead atoms. The Morgan fingerprint density at radius 1 is 0.514 bits per heavy atom. The summed E-state index contributed by atoms with van der Waals surface area (Å²) >= 11 is 0. The molecule has 0 aromatic carbocycles. The maximum absolute atomic E-state index is 13.0. The minimum Gasteiger partial charge on any atom is -0.457 e. The number of rotatable bonds is 55. The van der Waals surface area contributed by atoms with Gasteiger partial charge in [-0.05, 0) is 51.4 Å². The van der Waals surface area contributed by atoms with Gasteiger partial charge >= 0.3 is 16.4 Å². The summed E-state index contributed by atoms with van der Waals surface area (Å²) < 4.78 is 59.5. The molecule has 1 fully saturated rings. The minimum atomic E-state index is -5.07. The lowest BCUT2D eigenvalue weighted by Gasteiger charge is -2.41. The van der Waals surface area contributed by atoms with E-state index in [1.807, 2.05) is 0 Å².